The van der Waals surface area contributed by atoms with Crippen molar-refractivity contribution in [2.24, 2.45) is 0 Å². The molecule has 0 aromatic heterocycles. The first-order chi connectivity index (χ1) is 9.13. The van der Waals surface area contributed by atoms with Gasteiger partial charge in [-0.2, -0.15) is 13.2 Å². The van der Waals surface area contributed by atoms with E-state index < -0.39 is 11.7 Å². The zero-order valence-corrected chi connectivity index (χ0v) is 11.8. The van der Waals surface area contributed by atoms with Crippen LogP contribution in [-0.4, -0.2) is 12.1 Å². The van der Waals surface area contributed by atoms with Crippen molar-refractivity contribution in [2.75, 3.05) is 6.61 Å². The van der Waals surface area contributed by atoms with Gasteiger partial charge in [0.15, 0.2) is 0 Å². The van der Waals surface area contributed by atoms with Crippen LogP contribution < -0.4 is 10.1 Å². The zero-order valence-electron chi connectivity index (χ0n) is 11.8. The summed E-state index contributed by atoms with van der Waals surface area (Å²) in [6.07, 6.45) is 0.524. The molecule has 0 heterocycles. The van der Waals surface area contributed by atoms with Crippen molar-refractivity contribution in [3.63, 3.8) is 0 Å². The number of halogens is 3. The first-order valence-electron chi connectivity index (χ1n) is 6.15. The molecule has 0 unspecified atom stereocenters. The van der Waals surface area contributed by atoms with Crippen molar-refractivity contribution >= 4 is 0 Å². The summed E-state index contributed by atoms with van der Waals surface area (Å²) >= 11 is 0. The lowest BCUT2D eigenvalue weighted by Crippen LogP contribution is -2.35. The molecule has 1 rings (SSSR count). The molecule has 0 aliphatic rings. The van der Waals surface area contributed by atoms with Gasteiger partial charge in [-0.25, -0.2) is 0 Å². The molecular weight excluding hydrogens is 267 g/mol. The highest BCUT2D eigenvalue weighted by molar-refractivity contribution is 5.39. The molecule has 110 valence electrons. The van der Waals surface area contributed by atoms with E-state index in [-0.39, 0.29) is 17.9 Å². The van der Waals surface area contributed by atoms with E-state index in [0.717, 1.165) is 6.07 Å². The van der Waals surface area contributed by atoms with Crippen LogP contribution in [0.5, 0.6) is 5.75 Å². The van der Waals surface area contributed by atoms with Crippen molar-refractivity contribution in [3.8, 4) is 18.1 Å². The van der Waals surface area contributed by atoms with E-state index in [1.165, 1.54) is 6.07 Å². The van der Waals surface area contributed by atoms with E-state index in [4.69, 9.17) is 11.2 Å². The highest BCUT2D eigenvalue weighted by Gasteiger charge is 2.34. The molecule has 0 saturated heterocycles. The highest BCUT2D eigenvalue weighted by atomic mass is 19.4. The van der Waals surface area contributed by atoms with Crippen molar-refractivity contribution in [3.05, 3.63) is 29.3 Å². The largest absolute Gasteiger partial charge is 0.480 e. The average Bonchev–Trinajstić information content (AvgIpc) is 2.32. The summed E-state index contributed by atoms with van der Waals surface area (Å²) in [6, 6.07) is 3.99. The quantitative estimate of drug-likeness (QED) is 0.853. The summed E-state index contributed by atoms with van der Waals surface area (Å²) < 4.78 is 43.9. The van der Waals surface area contributed by atoms with E-state index >= 15 is 0 Å². The van der Waals surface area contributed by atoms with Gasteiger partial charge in [0.25, 0.3) is 0 Å². The number of hydrogen-bond acceptors (Lipinski definition) is 2. The van der Waals surface area contributed by atoms with E-state index in [1.807, 2.05) is 20.8 Å². The highest BCUT2D eigenvalue weighted by Crippen LogP contribution is 2.36. The van der Waals surface area contributed by atoms with Gasteiger partial charge in [0, 0.05) is 12.1 Å². The molecule has 2 nitrogen and oxygen atoms in total. The lowest BCUT2D eigenvalue weighted by atomic mass is 10.1. The third kappa shape index (κ3) is 5.14. The van der Waals surface area contributed by atoms with Gasteiger partial charge in [0.05, 0.1) is 5.56 Å². The van der Waals surface area contributed by atoms with E-state index in [0.29, 0.717) is 12.1 Å². The van der Waals surface area contributed by atoms with E-state index in [9.17, 15) is 13.2 Å². The van der Waals surface area contributed by atoms with Crippen LogP contribution in [0.15, 0.2) is 18.2 Å². The number of rotatable bonds is 4. The molecule has 1 aromatic rings. The molecule has 0 bridgehead atoms. The Morgan fingerprint density at radius 2 is 1.90 bits per heavy atom. The Labute approximate surface area is 117 Å². The minimum absolute atomic E-state index is 0.170. The van der Waals surface area contributed by atoms with E-state index in [2.05, 4.69) is 11.2 Å². The molecule has 0 radical (unpaired) electrons. The van der Waals surface area contributed by atoms with Gasteiger partial charge in [-0.1, -0.05) is 12.0 Å². The number of alkyl halides is 3. The van der Waals surface area contributed by atoms with Crippen LogP contribution in [0.1, 0.15) is 31.9 Å². The number of benzene rings is 1. The van der Waals surface area contributed by atoms with Gasteiger partial charge >= 0.3 is 6.18 Å². The topological polar surface area (TPSA) is 21.3 Å². The lowest BCUT2D eigenvalue weighted by Gasteiger charge is -2.21. The van der Waals surface area contributed by atoms with Crippen LogP contribution in [0.4, 0.5) is 13.2 Å². The molecule has 0 saturated carbocycles. The van der Waals surface area contributed by atoms with Crippen LogP contribution in [0, 0.1) is 12.3 Å². The lowest BCUT2D eigenvalue weighted by molar-refractivity contribution is -0.138. The minimum atomic E-state index is -4.47. The van der Waals surface area contributed by atoms with Crippen LogP contribution in [-0.2, 0) is 12.7 Å². The number of terminal acetylenes is 1. The van der Waals surface area contributed by atoms with E-state index in [1.54, 1.807) is 6.07 Å². The maximum Gasteiger partial charge on any atom is 0.419 e. The molecule has 0 atom stereocenters. The first-order valence-corrected chi connectivity index (χ1v) is 6.15. The third-order valence-electron chi connectivity index (χ3n) is 2.48. The second kappa shape index (κ2) is 6.19. The normalized spacial score (nSPS) is 12.1. The zero-order chi connectivity index (χ0) is 15.4. The van der Waals surface area contributed by atoms with Crippen LogP contribution in [0.25, 0.3) is 0 Å². The fraction of sp³-hybridized carbons (Fsp3) is 0.467. The summed E-state index contributed by atoms with van der Waals surface area (Å²) in [5.41, 5.74) is -0.432. The Morgan fingerprint density at radius 3 is 2.40 bits per heavy atom. The summed E-state index contributed by atoms with van der Waals surface area (Å²) in [5.74, 6) is 1.91. The van der Waals surface area contributed by atoms with Gasteiger partial charge in [-0.3, -0.25) is 0 Å². The molecule has 0 aliphatic carbocycles. The molecular formula is C15H18F3NO. The Morgan fingerprint density at radius 1 is 1.25 bits per heavy atom. The second-order valence-corrected chi connectivity index (χ2v) is 5.42. The second-order valence-electron chi connectivity index (χ2n) is 5.42. The van der Waals surface area contributed by atoms with Crippen LogP contribution >= 0.6 is 0 Å². The van der Waals surface area contributed by atoms with Crippen molar-refractivity contribution in [1.82, 2.24) is 5.32 Å². The summed E-state index contributed by atoms with van der Waals surface area (Å²) in [4.78, 5) is 0. The standard InChI is InChI=1S/C15H18F3NO/c1-5-8-20-13-7-6-11(10-19-14(2,3)4)9-12(13)15(16,17)18/h1,6-7,9,19H,8,10H2,2-4H3. The summed E-state index contributed by atoms with van der Waals surface area (Å²) in [7, 11) is 0. The van der Waals surface area contributed by atoms with Crippen molar-refractivity contribution in [2.45, 2.75) is 39.0 Å². The van der Waals surface area contributed by atoms with Gasteiger partial charge in [-0.15, -0.1) is 6.42 Å². The molecule has 1 N–H and O–H groups in total. The number of nitrogens with one attached hydrogen (secondary N) is 1. The Bertz CT molecular complexity index is 495. The molecule has 0 aliphatic heterocycles. The monoisotopic (exact) mass is 285 g/mol. The number of hydrogen-bond donors (Lipinski definition) is 1. The summed E-state index contributed by atoms with van der Waals surface area (Å²) in [5, 5.41) is 3.14. The Hall–Kier alpha value is -1.67. The molecule has 20 heavy (non-hydrogen) atoms. The van der Waals surface area contributed by atoms with Gasteiger partial charge in [-0.05, 0) is 38.5 Å². The smallest absolute Gasteiger partial charge is 0.419 e. The molecule has 5 heteroatoms. The molecule has 0 fully saturated rings. The molecule has 0 amide bonds. The van der Waals surface area contributed by atoms with Crippen molar-refractivity contribution < 1.29 is 17.9 Å². The predicted molar refractivity (Wildman–Crippen MR) is 72.4 cm³/mol. The van der Waals surface area contributed by atoms with Gasteiger partial charge in [0.2, 0.25) is 0 Å². The molecule has 0 spiro atoms. The Balaban J connectivity index is 2.99. The minimum Gasteiger partial charge on any atom is -0.480 e. The fourth-order valence-electron chi connectivity index (χ4n) is 1.52. The number of ether oxygens (including phenoxy) is 1. The first kappa shape index (κ1) is 16.4. The average molecular weight is 285 g/mol. The summed E-state index contributed by atoms with van der Waals surface area (Å²) in [6.45, 7) is 6.00. The van der Waals surface area contributed by atoms with Crippen molar-refractivity contribution in [1.29, 1.82) is 0 Å². The maximum absolute atomic E-state index is 13.0. The van der Waals surface area contributed by atoms with Crippen LogP contribution in [0.3, 0.4) is 0 Å². The van der Waals surface area contributed by atoms with Crippen LogP contribution in [0.2, 0.25) is 0 Å². The SMILES string of the molecule is C#CCOc1ccc(CNC(C)(C)C)cc1C(F)(F)F. The maximum atomic E-state index is 13.0. The predicted octanol–water partition coefficient (Wildman–Crippen LogP) is 3.61. The Kier molecular flexibility index (Phi) is 5.07. The molecule has 1 aromatic carbocycles. The third-order valence-corrected chi connectivity index (χ3v) is 2.48. The fourth-order valence-corrected chi connectivity index (χ4v) is 1.52. The van der Waals surface area contributed by atoms with Gasteiger partial charge < -0.3 is 10.1 Å². The van der Waals surface area contributed by atoms with Gasteiger partial charge in [0.1, 0.15) is 12.4 Å².